The summed E-state index contributed by atoms with van der Waals surface area (Å²) in [5.74, 6) is 0.969. The normalized spacial score (nSPS) is 11.6. The average molecular weight is 337 g/mol. The third-order valence-corrected chi connectivity index (χ3v) is 4.80. The van der Waals surface area contributed by atoms with Crippen LogP contribution in [0.4, 0.5) is 0 Å². The summed E-state index contributed by atoms with van der Waals surface area (Å²) in [6, 6.07) is 15.2. The van der Waals surface area contributed by atoms with Crippen LogP contribution >= 0.6 is 0 Å². The third-order valence-electron chi connectivity index (χ3n) is 4.80. The van der Waals surface area contributed by atoms with Crippen LogP contribution in [0.1, 0.15) is 64.0 Å². The van der Waals surface area contributed by atoms with Crippen molar-refractivity contribution in [3.63, 3.8) is 0 Å². The fourth-order valence-electron chi connectivity index (χ4n) is 3.02. The standard InChI is InChI=1S/C24H32O/c1-5-7-8-9-10-17-25-23-15-13-21(14-16-23)22-12-11-20(4)24(18-22)19(3)6-2/h6,11-16,18H,5,7-10,17H2,1-4H3/b19-6+. The predicted molar refractivity (Wildman–Crippen MR) is 110 cm³/mol. The second kappa shape index (κ2) is 10.1. The molecule has 25 heavy (non-hydrogen) atoms. The Kier molecular flexibility index (Phi) is 7.78. The molecule has 0 saturated heterocycles. The molecule has 0 amide bonds. The molecular formula is C24H32O. The topological polar surface area (TPSA) is 9.23 Å². The van der Waals surface area contributed by atoms with Gasteiger partial charge in [-0.2, -0.15) is 0 Å². The molecule has 134 valence electrons. The molecule has 0 N–H and O–H groups in total. The first-order valence-corrected chi connectivity index (χ1v) is 9.63. The minimum Gasteiger partial charge on any atom is -0.494 e. The van der Waals surface area contributed by atoms with E-state index in [1.165, 1.54) is 53.5 Å². The van der Waals surface area contributed by atoms with E-state index in [0.29, 0.717) is 0 Å². The summed E-state index contributed by atoms with van der Waals surface area (Å²) < 4.78 is 5.87. The van der Waals surface area contributed by atoms with E-state index < -0.39 is 0 Å². The predicted octanol–water partition coefficient (Wildman–Crippen LogP) is 7.43. The number of hydrogen-bond donors (Lipinski definition) is 0. The second-order valence-electron chi connectivity index (χ2n) is 6.79. The molecule has 0 aromatic heterocycles. The van der Waals surface area contributed by atoms with Crippen molar-refractivity contribution in [3.05, 3.63) is 59.7 Å². The number of benzene rings is 2. The molecule has 1 heteroatoms. The van der Waals surface area contributed by atoms with Crippen LogP contribution in [-0.2, 0) is 0 Å². The molecule has 0 heterocycles. The molecule has 0 unspecified atom stereocenters. The summed E-state index contributed by atoms with van der Waals surface area (Å²) in [6.45, 7) is 9.50. The quantitative estimate of drug-likeness (QED) is 0.432. The minimum atomic E-state index is 0.818. The first kappa shape index (κ1) is 19.3. The molecule has 2 aromatic carbocycles. The molecule has 0 atom stereocenters. The van der Waals surface area contributed by atoms with E-state index in [1.807, 2.05) is 0 Å². The number of rotatable bonds is 9. The van der Waals surface area contributed by atoms with Gasteiger partial charge in [-0.3, -0.25) is 0 Å². The van der Waals surface area contributed by atoms with Gasteiger partial charge >= 0.3 is 0 Å². The van der Waals surface area contributed by atoms with Crippen LogP contribution in [0.2, 0.25) is 0 Å². The van der Waals surface area contributed by atoms with Gasteiger partial charge in [-0.05, 0) is 73.2 Å². The van der Waals surface area contributed by atoms with Gasteiger partial charge in [-0.25, -0.2) is 0 Å². The third kappa shape index (κ3) is 5.77. The Hall–Kier alpha value is -2.02. The van der Waals surface area contributed by atoms with Gasteiger partial charge in [0.2, 0.25) is 0 Å². The Morgan fingerprint density at radius 3 is 2.28 bits per heavy atom. The molecule has 0 aliphatic rings. The van der Waals surface area contributed by atoms with Crippen molar-refractivity contribution in [2.24, 2.45) is 0 Å². The Bertz CT molecular complexity index is 680. The SMILES string of the molecule is C/C=C(\C)c1cc(-c2ccc(OCCCCCCC)cc2)ccc1C. The number of ether oxygens (including phenoxy) is 1. The monoisotopic (exact) mass is 336 g/mol. The van der Waals surface area contributed by atoms with Gasteiger partial charge in [0.15, 0.2) is 0 Å². The molecule has 2 rings (SSSR count). The summed E-state index contributed by atoms with van der Waals surface area (Å²) in [7, 11) is 0. The molecular weight excluding hydrogens is 304 g/mol. The molecule has 1 nitrogen and oxygen atoms in total. The fraction of sp³-hybridized carbons (Fsp3) is 0.417. The zero-order valence-electron chi connectivity index (χ0n) is 16.3. The zero-order valence-corrected chi connectivity index (χ0v) is 16.3. The fourth-order valence-corrected chi connectivity index (χ4v) is 3.02. The van der Waals surface area contributed by atoms with Gasteiger partial charge in [0.25, 0.3) is 0 Å². The van der Waals surface area contributed by atoms with Gasteiger partial charge in [0.05, 0.1) is 6.61 Å². The summed E-state index contributed by atoms with van der Waals surface area (Å²) in [6.07, 6.45) is 8.52. The van der Waals surface area contributed by atoms with Crippen LogP contribution in [-0.4, -0.2) is 6.61 Å². The summed E-state index contributed by atoms with van der Waals surface area (Å²) in [5, 5.41) is 0. The highest BCUT2D eigenvalue weighted by molar-refractivity contribution is 5.73. The van der Waals surface area contributed by atoms with Crippen molar-refractivity contribution in [2.75, 3.05) is 6.61 Å². The minimum absolute atomic E-state index is 0.818. The summed E-state index contributed by atoms with van der Waals surface area (Å²) in [4.78, 5) is 0. The molecule has 0 radical (unpaired) electrons. The lowest BCUT2D eigenvalue weighted by atomic mass is 9.96. The van der Waals surface area contributed by atoms with Crippen molar-refractivity contribution in [2.45, 2.75) is 59.8 Å². The molecule has 0 aliphatic carbocycles. The lowest BCUT2D eigenvalue weighted by Gasteiger charge is -2.11. The van der Waals surface area contributed by atoms with Crippen LogP contribution < -0.4 is 4.74 Å². The van der Waals surface area contributed by atoms with Gasteiger partial charge in [0.1, 0.15) is 5.75 Å². The summed E-state index contributed by atoms with van der Waals surface area (Å²) >= 11 is 0. The number of unbranched alkanes of at least 4 members (excludes halogenated alkanes) is 4. The van der Waals surface area contributed by atoms with Crippen molar-refractivity contribution >= 4 is 5.57 Å². The molecule has 0 bridgehead atoms. The number of aryl methyl sites for hydroxylation is 1. The Morgan fingerprint density at radius 1 is 0.920 bits per heavy atom. The number of hydrogen-bond acceptors (Lipinski definition) is 1. The van der Waals surface area contributed by atoms with Crippen molar-refractivity contribution < 1.29 is 4.74 Å². The summed E-state index contributed by atoms with van der Waals surface area (Å²) in [5.41, 5.74) is 6.46. The molecule has 0 spiro atoms. The highest BCUT2D eigenvalue weighted by Crippen LogP contribution is 2.27. The lowest BCUT2D eigenvalue weighted by molar-refractivity contribution is 0.304. The van der Waals surface area contributed by atoms with Crippen LogP contribution in [0.15, 0.2) is 48.5 Å². The Labute approximate surface area is 153 Å². The van der Waals surface area contributed by atoms with Gasteiger partial charge < -0.3 is 4.74 Å². The van der Waals surface area contributed by atoms with Gasteiger partial charge in [-0.15, -0.1) is 0 Å². The maximum atomic E-state index is 5.87. The van der Waals surface area contributed by atoms with Gasteiger partial charge in [0, 0.05) is 0 Å². The van der Waals surface area contributed by atoms with E-state index in [-0.39, 0.29) is 0 Å². The lowest BCUT2D eigenvalue weighted by Crippen LogP contribution is -1.97. The van der Waals surface area contributed by atoms with Crippen molar-refractivity contribution in [3.8, 4) is 16.9 Å². The molecule has 0 saturated carbocycles. The molecule has 0 fully saturated rings. The van der Waals surface area contributed by atoms with E-state index >= 15 is 0 Å². The average Bonchev–Trinajstić information content (AvgIpc) is 2.65. The van der Waals surface area contributed by atoms with E-state index in [1.54, 1.807) is 0 Å². The Morgan fingerprint density at radius 2 is 1.60 bits per heavy atom. The van der Waals surface area contributed by atoms with Crippen LogP contribution in [0, 0.1) is 6.92 Å². The first-order chi connectivity index (χ1) is 12.2. The highest BCUT2D eigenvalue weighted by Gasteiger charge is 2.04. The van der Waals surface area contributed by atoms with Crippen LogP contribution in [0.3, 0.4) is 0 Å². The largest absolute Gasteiger partial charge is 0.494 e. The van der Waals surface area contributed by atoms with E-state index in [4.69, 9.17) is 4.74 Å². The van der Waals surface area contributed by atoms with Crippen LogP contribution in [0.5, 0.6) is 5.75 Å². The maximum Gasteiger partial charge on any atom is 0.119 e. The van der Waals surface area contributed by atoms with Crippen molar-refractivity contribution in [1.82, 2.24) is 0 Å². The van der Waals surface area contributed by atoms with Crippen molar-refractivity contribution in [1.29, 1.82) is 0 Å². The smallest absolute Gasteiger partial charge is 0.119 e. The molecule has 2 aromatic rings. The number of allylic oxidation sites excluding steroid dienone is 2. The van der Waals surface area contributed by atoms with E-state index in [0.717, 1.165) is 18.8 Å². The zero-order chi connectivity index (χ0) is 18.1. The van der Waals surface area contributed by atoms with E-state index in [9.17, 15) is 0 Å². The molecule has 0 aliphatic heterocycles. The van der Waals surface area contributed by atoms with Crippen LogP contribution in [0.25, 0.3) is 16.7 Å². The van der Waals surface area contributed by atoms with E-state index in [2.05, 4.69) is 76.2 Å². The first-order valence-electron chi connectivity index (χ1n) is 9.63. The van der Waals surface area contributed by atoms with Gasteiger partial charge in [-0.1, -0.05) is 62.9 Å². The highest BCUT2D eigenvalue weighted by atomic mass is 16.5. The maximum absolute atomic E-state index is 5.87. The second-order valence-corrected chi connectivity index (χ2v) is 6.79. The Balaban J connectivity index is 1.98.